The van der Waals surface area contributed by atoms with Crippen LogP contribution in [0.4, 0.5) is 0 Å². The van der Waals surface area contributed by atoms with E-state index in [4.69, 9.17) is 34.6 Å². The highest BCUT2D eigenvalue weighted by Gasteiger charge is 2.26. The van der Waals surface area contributed by atoms with Gasteiger partial charge < -0.3 is 34.6 Å². The van der Waals surface area contributed by atoms with Crippen molar-refractivity contribution in [1.82, 2.24) is 0 Å². The summed E-state index contributed by atoms with van der Waals surface area (Å²) in [6, 6.07) is 0. The molecule has 2 fully saturated rings. The van der Waals surface area contributed by atoms with Crippen molar-refractivity contribution in [3.8, 4) is 0 Å². The second-order valence-electron chi connectivity index (χ2n) is 4.19. The molecule has 7 nitrogen and oxygen atoms in total. The Morgan fingerprint density at radius 1 is 1.05 bits per heavy atom. The molecule has 0 aromatic rings. The summed E-state index contributed by atoms with van der Waals surface area (Å²) in [4.78, 5) is 0. The summed E-state index contributed by atoms with van der Waals surface area (Å²) in [5.41, 5.74) is 0. The third-order valence-electron chi connectivity index (χ3n) is 2.06. The molecule has 0 aromatic carbocycles. The standard InChI is InChI=1S/C6H10O3.C3H8O3.C3H8O/c1(5-3-8-5)7-2-6-4-9-6;4-1-3(6)2-5;1-2-3-4/h5-6H,1-4H2;3-6H,1-2H2;4H,2-3H2,1H3. The summed E-state index contributed by atoms with van der Waals surface area (Å²) in [5, 5.41) is 31.9. The Labute approximate surface area is 113 Å². The lowest BCUT2D eigenvalue weighted by molar-refractivity contribution is 0.0450. The minimum absolute atomic E-state index is 0.319. The molecule has 0 aliphatic carbocycles. The van der Waals surface area contributed by atoms with E-state index >= 15 is 0 Å². The van der Waals surface area contributed by atoms with Crippen LogP contribution < -0.4 is 0 Å². The lowest BCUT2D eigenvalue weighted by atomic mass is 10.4. The number of hydrogen-bond acceptors (Lipinski definition) is 7. The Hall–Kier alpha value is -0.280. The maximum atomic E-state index is 8.17. The van der Waals surface area contributed by atoms with Crippen LogP contribution in [-0.4, -0.2) is 85.0 Å². The molecule has 0 radical (unpaired) electrons. The van der Waals surface area contributed by atoms with E-state index < -0.39 is 6.10 Å². The van der Waals surface area contributed by atoms with E-state index in [1.807, 2.05) is 6.92 Å². The van der Waals surface area contributed by atoms with Crippen LogP contribution in [0.3, 0.4) is 0 Å². The van der Waals surface area contributed by atoms with Gasteiger partial charge in [0.15, 0.2) is 0 Å². The number of rotatable bonds is 7. The van der Waals surface area contributed by atoms with Gasteiger partial charge in [0, 0.05) is 6.61 Å². The average Bonchev–Trinajstić information content (AvgIpc) is 3.33. The zero-order valence-electron chi connectivity index (χ0n) is 11.4. The third-order valence-corrected chi connectivity index (χ3v) is 2.06. The van der Waals surface area contributed by atoms with E-state index in [2.05, 4.69) is 0 Å². The highest BCUT2D eigenvalue weighted by Crippen LogP contribution is 2.12. The fraction of sp³-hybridized carbons (Fsp3) is 1.00. The Morgan fingerprint density at radius 3 is 1.58 bits per heavy atom. The van der Waals surface area contributed by atoms with Crippen molar-refractivity contribution in [2.45, 2.75) is 31.7 Å². The van der Waals surface area contributed by atoms with Crippen molar-refractivity contribution < 1.29 is 34.6 Å². The minimum Gasteiger partial charge on any atom is -0.396 e. The molecular formula is C12H26O7. The van der Waals surface area contributed by atoms with Gasteiger partial charge in [0.2, 0.25) is 0 Å². The van der Waals surface area contributed by atoms with Crippen LogP contribution in [0.1, 0.15) is 13.3 Å². The summed E-state index contributed by atoms with van der Waals surface area (Å²) < 4.78 is 15.1. The molecule has 0 bridgehead atoms. The van der Waals surface area contributed by atoms with Gasteiger partial charge >= 0.3 is 0 Å². The van der Waals surface area contributed by atoms with Gasteiger partial charge in [0.1, 0.15) is 18.3 Å². The predicted octanol–water partition coefficient (Wildman–Crippen LogP) is -1.48. The Kier molecular flexibility index (Phi) is 12.6. The van der Waals surface area contributed by atoms with Crippen molar-refractivity contribution in [1.29, 1.82) is 0 Å². The molecule has 0 saturated carbocycles. The van der Waals surface area contributed by atoms with Gasteiger partial charge in [0.25, 0.3) is 0 Å². The SMILES string of the molecule is C(OCC1CO1)C1CO1.CCCO.OCC(O)CO. The number of aliphatic hydroxyl groups is 4. The van der Waals surface area contributed by atoms with Crippen LogP contribution in [0.5, 0.6) is 0 Å². The molecule has 0 amide bonds. The van der Waals surface area contributed by atoms with Crippen LogP contribution in [0.2, 0.25) is 0 Å². The molecule has 19 heavy (non-hydrogen) atoms. The maximum Gasteiger partial charge on any atom is 0.104 e. The summed E-state index contributed by atoms with van der Waals surface area (Å²) >= 11 is 0. The van der Waals surface area contributed by atoms with Crippen LogP contribution >= 0.6 is 0 Å². The minimum atomic E-state index is -0.954. The number of hydrogen-bond donors (Lipinski definition) is 4. The summed E-state index contributed by atoms with van der Waals surface area (Å²) in [6.07, 6.45) is 0.706. The summed E-state index contributed by atoms with van der Waals surface area (Å²) in [7, 11) is 0. The molecule has 116 valence electrons. The van der Waals surface area contributed by atoms with Crippen molar-refractivity contribution in [2.75, 3.05) is 46.2 Å². The van der Waals surface area contributed by atoms with Crippen LogP contribution in [-0.2, 0) is 14.2 Å². The smallest absolute Gasteiger partial charge is 0.104 e. The molecule has 2 aliphatic heterocycles. The first-order valence-corrected chi connectivity index (χ1v) is 6.49. The maximum absolute atomic E-state index is 8.17. The molecule has 2 saturated heterocycles. The highest BCUT2D eigenvalue weighted by atomic mass is 16.6. The lowest BCUT2D eigenvalue weighted by Crippen LogP contribution is -2.15. The fourth-order valence-electron chi connectivity index (χ4n) is 0.717. The molecule has 2 heterocycles. The Balaban J connectivity index is 0.000000285. The van der Waals surface area contributed by atoms with Gasteiger partial charge in [-0.05, 0) is 6.42 Å². The van der Waals surface area contributed by atoms with E-state index in [-0.39, 0.29) is 13.2 Å². The van der Waals surface area contributed by atoms with Gasteiger partial charge in [-0.3, -0.25) is 0 Å². The zero-order valence-corrected chi connectivity index (χ0v) is 11.4. The van der Waals surface area contributed by atoms with Crippen molar-refractivity contribution >= 4 is 0 Å². The quantitative estimate of drug-likeness (QED) is 0.421. The zero-order chi connectivity index (χ0) is 14.5. The molecule has 0 aromatic heterocycles. The van der Waals surface area contributed by atoms with Gasteiger partial charge in [-0.2, -0.15) is 0 Å². The molecule has 7 heteroatoms. The van der Waals surface area contributed by atoms with Gasteiger partial charge in [-0.15, -0.1) is 0 Å². The molecule has 2 unspecified atom stereocenters. The van der Waals surface area contributed by atoms with Crippen LogP contribution in [0.15, 0.2) is 0 Å². The first-order chi connectivity index (χ1) is 9.17. The lowest BCUT2D eigenvalue weighted by Gasteiger charge is -1.96. The van der Waals surface area contributed by atoms with Gasteiger partial charge in [-0.25, -0.2) is 0 Å². The topological polar surface area (TPSA) is 115 Å². The van der Waals surface area contributed by atoms with Crippen molar-refractivity contribution in [3.63, 3.8) is 0 Å². The Bertz CT molecular complexity index is 165. The normalized spacial score (nSPS) is 23.1. The van der Waals surface area contributed by atoms with E-state index in [1.165, 1.54) is 0 Å². The molecule has 2 atom stereocenters. The largest absolute Gasteiger partial charge is 0.396 e. The summed E-state index contributed by atoms with van der Waals surface area (Å²) in [6.45, 7) is 4.78. The second-order valence-corrected chi connectivity index (χ2v) is 4.19. The van der Waals surface area contributed by atoms with Crippen molar-refractivity contribution in [3.05, 3.63) is 0 Å². The van der Waals surface area contributed by atoms with Gasteiger partial charge in [-0.1, -0.05) is 6.92 Å². The second kappa shape index (κ2) is 12.7. The summed E-state index contributed by atoms with van der Waals surface area (Å²) in [5.74, 6) is 0. The predicted molar refractivity (Wildman–Crippen MR) is 67.9 cm³/mol. The number of epoxide rings is 2. The van der Waals surface area contributed by atoms with E-state index in [0.717, 1.165) is 32.8 Å². The van der Waals surface area contributed by atoms with Crippen LogP contribution in [0.25, 0.3) is 0 Å². The van der Waals surface area contributed by atoms with E-state index in [0.29, 0.717) is 18.8 Å². The molecular weight excluding hydrogens is 256 g/mol. The third kappa shape index (κ3) is 15.7. The first kappa shape index (κ1) is 18.7. The van der Waals surface area contributed by atoms with E-state index in [9.17, 15) is 0 Å². The fourth-order valence-corrected chi connectivity index (χ4v) is 0.717. The molecule has 2 aliphatic rings. The molecule has 4 N–H and O–H groups in total. The van der Waals surface area contributed by atoms with Crippen LogP contribution in [0, 0.1) is 0 Å². The van der Waals surface area contributed by atoms with E-state index in [1.54, 1.807) is 0 Å². The van der Waals surface area contributed by atoms with Gasteiger partial charge in [0.05, 0.1) is 39.6 Å². The van der Waals surface area contributed by atoms with Crippen molar-refractivity contribution in [2.24, 2.45) is 0 Å². The number of aliphatic hydroxyl groups excluding tert-OH is 4. The molecule has 0 spiro atoms. The monoisotopic (exact) mass is 282 g/mol. The highest BCUT2D eigenvalue weighted by molar-refractivity contribution is 4.71. The number of ether oxygens (including phenoxy) is 3. The first-order valence-electron chi connectivity index (χ1n) is 6.49. The molecule has 2 rings (SSSR count). The Morgan fingerprint density at radius 2 is 1.42 bits per heavy atom. The average molecular weight is 282 g/mol.